The summed E-state index contributed by atoms with van der Waals surface area (Å²) in [6.45, 7) is 8.99. The lowest BCUT2D eigenvalue weighted by Crippen LogP contribution is -2.30. The fraction of sp³-hybridized carbons (Fsp3) is 0.941. The summed E-state index contributed by atoms with van der Waals surface area (Å²) in [5, 5.41) is 0. The Balaban J connectivity index is 4.24. The second kappa shape index (κ2) is 45.5. The van der Waals surface area contributed by atoms with Crippen molar-refractivity contribution in [3.8, 4) is 0 Å². The van der Waals surface area contributed by atoms with E-state index >= 15 is 0 Å². The van der Waals surface area contributed by atoms with Crippen LogP contribution in [0.25, 0.3) is 0 Å². The minimum absolute atomic E-state index is 0.0640. The summed E-state index contributed by atoms with van der Waals surface area (Å²) in [6.07, 6.45) is 46.6. The summed E-state index contributed by atoms with van der Waals surface area (Å²) < 4.78 is 16.8. The third-order valence-electron chi connectivity index (χ3n) is 11.9. The molecule has 57 heavy (non-hydrogen) atoms. The van der Waals surface area contributed by atoms with Crippen molar-refractivity contribution in [3.05, 3.63) is 0 Å². The number of hydrogen-bond acceptors (Lipinski definition) is 6. The van der Waals surface area contributed by atoms with Crippen LogP contribution >= 0.6 is 0 Å². The van der Waals surface area contributed by atoms with Crippen LogP contribution in [0.4, 0.5) is 0 Å². The number of unbranched alkanes of at least 4 members (excludes halogenated alkanes) is 32. The van der Waals surface area contributed by atoms with Gasteiger partial charge in [0.05, 0.1) is 0 Å². The highest BCUT2D eigenvalue weighted by atomic mass is 16.6. The van der Waals surface area contributed by atoms with Gasteiger partial charge >= 0.3 is 17.9 Å². The molecule has 0 aromatic carbocycles. The Labute approximate surface area is 355 Å². The van der Waals surface area contributed by atoms with E-state index in [0.717, 1.165) is 63.7 Å². The Morgan fingerprint density at radius 2 is 0.614 bits per heavy atom. The smallest absolute Gasteiger partial charge is 0.306 e. The van der Waals surface area contributed by atoms with Crippen molar-refractivity contribution in [3.63, 3.8) is 0 Å². The van der Waals surface area contributed by atoms with Crippen LogP contribution in [-0.2, 0) is 28.6 Å². The fourth-order valence-corrected chi connectivity index (χ4v) is 7.66. The maximum Gasteiger partial charge on any atom is 0.306 e. The van der Waals surface area contributed by atoms with E-state index in [1.54, 1.807) is 0 Å². The summed E-state index contributed by atoms with van der Waals surface area (Å²) in [5.74, 6) is -0.0411. The second-order valence-corrected chi connectivity index (χ2v) is 17.7. The van der Waals surface area contributed by atoms with E-state index in [0.29, 0.717) is 19.3 Å². The summed E-state index contributed by atoms with van der Waals surface area (Å²) in [6, 6.07) is 0. The molecule has 0 heterocycles. The minimum Gasteiger partial charge on any atom is -0.462 e. The molecule has 6 heteroatoms. The molecule has 338 valence electrons. The van der Waals surface area contributed by atoms with Crippen molar-refractivity contribution >= 4 is 17.9 Å². The minimum atomic E-state index is -0.761. The first-order chi connectivity index (χ1) is 27.9. The summed E-state index contributed by atoms with van der Waals surface area (Å²) in [7, 11) is 0. The highest BCUT2D eigenvalue weighted by Gasteiger charge is 2.19. The van der Waals surface area contributed by atoms with Crippen molar-refractivity contribution in [2.75, 3.05) is 13.2 Å². The number of esters is 3. The van der Waals surface area contributed by atoms with Crippen molar-refractivity contribution < 1.29 is 28.6 Å². The number of hydrogen-bond donors (Lipinski definition) is 0. The molecule has 0 aromatic heterocycles. The SMILES string of the molecule is CCCCCCCCCCCCCCCCCCCCC(=O)OC[C@@H](COC(=O)CCCCCCCCCCCCC)OC(=O)CCCCCCCCC(C)CC. The van der Waals surface area contributed by atoms with Crippen LogP contribution in [0, 0.1) is 5.92 Å². The van der Waals surface area contributed by atoms with Crippen LogP contribution in [0.1, 0.15) is 285 Å². The Bertz CT molecular complexity index is 859. The van der Waals surface area contributed by atoms with Crippen LogP contribution in [-0.4, -0.2) is 37.2 Å². The summed E-state index contributed by atoms with van der Waals surface area (Å²) >= 11 is 0. The molecule has 0 aliphatic carbocycles. The van der Waals surface area contributed by atoms with Gasteiger partial charge < -0.3 is 14.2 Å². The standard InChI is InChI=1S/C51H98O6/c1-5-8-10-12-14-16-18-19-20-21-22-23-24-26-28-30-35-39-43-50(53)56-46-48(57-51(54)44-40-36-32-31-33-37-41-47(4)7-3)45-55-49(52)42-38-34-29-27-25-17-15-13-11-9-6-2/h47-48H,5-46H2,1-4H3/t47?,48-/m1/s1. The van der Waals surface area contributed by atoms with Gasteiger partial charge in [0.15, 0.2) is 6.10 Å². The second-order valence-electron chi connectivity index (χ2n) is 17.7. The first-order valence-electron chi connectivity index (χ1n) is 25.4. The monoisotopic (exact) mass is 807 g/mol. The molecule has 0 saturated carbocycles. The molecular weight excluding hydrogens is 709 g/mol. The maximum atomic E-state index is 12.7. The molecule has 1 unspecified atom stereocenters. The van der Waals surface area contributed by atoms with Gasteiger partial charge in [-0.1, -0.05) is 246 Å². The highest BCUT2D eigenvalue weighted by molar-refractivity contribution is 5.71. The van der Waals surface area contributed by atoms with Crippen molar-refractivity contribution in [1.29, 1.82) is 0 Å². The third kappa shape index (κ3) is 43.8. The van der Waals surface area contributed by atoms with E-state index in [-0.39, 0.29) is 31.1 Å². The quantitative estimate of drug-likeness (QED) is 0.0346. The lowest BCUT2D eigenvalue weighted by atomic mass is 10.00. The molecule has 0 N–H and O–H groups in total. The molecule has 0 aliphatic heterocycles. The average Bonchev–Trinajstić information content (AvgIpc) is 3.21. The topological polar surface area (TPSA) is 78.9 Å². The predicted molar refractivity (Wildman–Crippen MR) is 243 cm³/mol. The normalized spacial score (nSPS) is 12.4. The van der Waals surface area contributed by atoms with Crippen LogP contribution in [0.15, 0.2) is 0 Å². The molecule has 0 bridgehead atoms. The highest BCUT2D eigenvalue weighted by Crippen LogP contribution is 2.17. The fourth-order valence-electron chi connectivity index (χ4n) is 7.66. The van der Waals surface area contributed by atoms with Crippen LogP contribution in [0.3, 0.4) is 0 Å². The van der Waals surface area contributed by atoms with E-state index in [9.17, 15) is 14.4 Å². The molecule has 0 spiro atoms. The van der Waals surface area contributed by atoms with Crippen LogP contribution in [0.2, 0.25) is 0 Å². The van der Waals surface area contributed by atoms with Gasteiger partial charge in [-0.3, -0.25) is 14.4 Å². The Kier molecular flexibility index (Phi) is 44.2. The molecule has 0 amide bonds. The van der Waals surface area contributed by atoms with E-state index in [1.807, 2.05) is 0 Å². The Morgan fingerprint density at radius 3 is 0.912 bits per heavy atom. The number of carbonyl (C=O) groups excluding carboxylic acids is 3. The molecule has 0 fully saturated rings. The van der Waals surface area contributed by atoms with Crippen LogP contribution in [0.5, 0.6) is 0 Å². The first-order valence-corrected chi connectivity index (χ1v) is 25.4. The molecule has 0 aliphatic rings. The van der Waals surface area contributed by atoms with Gasteiger partial charge in [0.25, 0.3) is 0 Å². The van der Waals surface area contributed by atoms with Crippen molar-refractivity contribution in [1.82, 2.24) is 0 Å². The first kappa shape index (κ1) is 55.4. The molecule has 0 saturated heterocycles. The molecule has 0 aromatic rings. The van der Waals surface area contributed by atoms with Gasteiger partial charge in [0, 0.05) is 19.3 Å². The van der Waals surface area contributed by atoms with Gasteiger partial charge in [0.1, 0.15) is 13.2 Å². The molecular formula is C51H98O6. The largest absolute Gasteiger partial charge is 0.462 e. The Morgan fingerprint density at radius 1 is 0.351 bits per heavy atom. The number of carbonyl (C=O) groups is 3. The zero-order valence-corrected chi connectivity index (χ0v) is 38.8. The van der Waals surface area contributed by atoms with Gasteiger partial charge in [-0.15, -0.1) is 0 Å². The summed E-state index contributed by atoms with van der Waals surface area (Å²) in [5.41, 5.74) is 0. The summed E-state index contributed by atoms with van der Waals surface area (Å²) in [4.78, 5) is 37.8. The van der Waals surface area contributed by atoms with Crippen molar-refractivity contribution in [2.45, 2.75) is 291 Å². The van der Waals surface area contributed by atoms with Gasteiger partial charge in [-0.2, -0.15) is 0 Å². The predicted octanol–water partition coefficient (Wildman–Crippen LogP) is 16.3. The van der Waals surface area contributed by atoms with Gasteiger partial charge in [-0.25, -0.2) is 0 Å². The lowest BCUT2D eigenvalue weighted by molar-refractivity contribution is -0.167. The molecule has 6 nitrogen and oxygen atoms in total. The van der Waals surface area contributed by atoms with E-state index in [2.05, 4.69) is 27.7 Å². The molecule has 2 atom stereocenters. The maximum absolute atomic E-state index is 12.7. The molecule has 0 rings (SSSR count). The number of ether oxygens (including phenoxy) is 3. The molecule has 0 radical (unpaired) electrons. The third-order valence-corrected chi connectivity index (χ3v) is 11.9. The number of rotatable bonds is 46. The van der Waals surface area contributed by atoms with E-state index in [1.165, 1.54) is 180 Å². The van der Waals surface area contributed by atoms with E-state index in [4.69, 9.17) is 14.2 Å². The van der Waals surface area contributed by atoms with Gasteiger partial charge in [0.2, 0.25) is 0 Å². The average molecular weight is 807 g/mol. The Hall–Kier alpha value is -1.59. The zero-order chi connectivity index (χ0) is 41.7. The van der Waals surface area contributed by atoms with Crippen LogP contribution < -0.4 is 0 Å². The zero-order valence-electron chi connectivity index (χ0n) is 38.8. The van der Waals surface area contributed by atoms with Gasteiger partial charge in [-0.05, 0) is 25.2 Å². The van der Waals surface area contributed by atoms with Crippen molar-refractivity contribution in [2.24, 2.45) is 5.92 Å². The van der Waals surface area contributed by atoms with E-state index < -0.39 is 6.10 Å². The lowest BCUT2D eigenvalue weighted by Gasteiger charge is -2.18.